The number of esters is 1. The van der Waals surface area contributed by atoms with Gasteiger partial charge in [-0.15, -0.1) is 0 Å². The molecular formula is C8H5ClFNO3. The first-order chi connectivity index (χ1) is 6.60. The molecule has 1 aromatic rings. The van der Waals surface area contributed by atoms with Crippen LogP contribution in [0.15, 0.2) is 6.07 Å². The van der Waals surface area contributed by atoms with Gasteiger partial charge in [0, 0.05) is 0 Å². The van der Waals surface area contributed by atoms with E-state index in [0.717, 1.165) is 13.2 Å². The quantitative estimate of drug-likeness (QED) is 0.428. The number of aromatic nitrogens is 1. The van der Waals surface area contributed by atoms with Crippen LogP contribution in [-0.4, -0.2) is 24.3 Å². The van der Waals surface area contributed by atoms with Gasteiger partial charge >= 0.3 is 5.97 Å². The second-order valence-electron chi connectivity index (χ2n) is 2.30. The van der Waals surface area contributed by atoms with E-state index in [4.69, 9.17) is 11.6 Å². The molecule has 0 aliphatic rings. The fraction of sp³-hybridized carbons (Fsp3) is 0.125. The largest absolute Gasteiger partial charge is 0.465 e. The fourth-order valence-electron chi connectivity index (χ4n) is 0.815. The smallest absolute Gasteiger partial charge is 0.341 e. The first-order valence-corrected chi connectivity index (χ1v) is 3.87. The van der Waals surface area contributed by atoms with E-state index >= 15 is 0 Å². The first kappa shape index (κ1) is 10.6. The summed E-state index contributed by atoms with van der Waals surface area (Å²) in [5.74, 6) is -1.72. The highest BCUT2D eigenvalue weighted by Gasteiger charge is 2.16. The molecule has 4 nitrogen and oxygen atoms in total. The number of rotatable bonds is 2. The lowest BCUT2D eigenvalue weighted by atomic mass is 10.2. The molecule has 0 radical (unpaired) electrons. The lowest BCUT2D eigenvalue weighted by Crippen LogP contribution is -2.06. The predicted octanol–water partition coefficient (Wildman–Crippen LogP) is 1.47. The molecule has 0 aliphatic heterocycles. The Kier molecular flexibility index (Phi) is 3.14. The zero-order valence-electron chi connectivity index (χ0n) is 7.08. The molecule has 0 bridgehead atoms. The number of carbonyl (C=O) groups excluding carboxylic acids is 2. The van der Waals surface area contributed by atoms with Crippen LogP contribution in [-0.2, 0) is 4.74 Å². The van der Waals surface area contributed by atoms with Gasteiger partial charge in [-0.05, 0) is 6.07 Å². The molecule has 0 aliphatic carbocycles. The van der Waals surface area contributed by atoms with Crippen LogP contribution < -0.4 is 0 Å². The van der Waals surface area contributed by atoms with Crippen LogP contribution in [0.4, 0.5) is 4.39 Å². The molecule has 0 saturated heterocycles. The zero-order valence-corrected chi connectivity index (χ0v) is 7.84. The Labute approximate surface area is 83.7 Å². The molecule has 0 spiro atoms. The summed E-state index contributed by atoms with van der Waals surface area (Å²) in [5.41, 5.74) is -0.653. The molecule has 1 rings (SSSR count). The van der Waals surface area contributed by atoms with Crippen molar-refractivity contribution in [2.45, 2.75) is 0 Å². The number of carbonyl (C=O) groups is 2. The molecule has 14 heavy (non-hydrogen) atoms. The predicted molar refractivity (Wildman–Crippen MR) is 45.9 cm³/mol. The third-order valence-electron chi connectivity index (χ3n) is 1.47. The Morgan fingerprint density at radius 3 is 2.86 bits per heavy atom. The lowest BCUT2D eigenvalue weighted by molar-refractivity contribution is 0.0599. The number of aldehydes is 1. The summed E-state index contributed by atoms with van der Waals surface area (Å²) in [7, 11) is 1.13. The highest BCUT2D eigenvalue weighted by Crippen LogP contribution is 2.16. The topological polar surface area (TPSA) is 56.3 Å². The Balaban J connectivity index is 3.28. The molecule has 1 heterocycles. The number of halogens is 2. The molecule has 0 unspecified atom stereocenters. The van der Waals surface area contributed by atoms with Gasteiger partial charge in [-0.3, -0.25) is 4.79 Å². The molecular weight excluding hydrogens is 213 g/mol. The van der Waals surface area contributed by atoms with E-state index in [0.29, 0.717) is 0 Å². The van der Waals surface area contributed by atoms with Crippen molar-refractivity contribution in [3.63, 3.8) is 0 Å². The summed E-state index contributed by atoms with van der Waals surface area (Å²) in [4.78, 5) is 24.6. The minimum absolute atomic E-state index is 0.211. The highest BCUT2D eigenvalue weighted by atomic mass is 35.5. The average molecular weight is 218 g/mol. The summed E-state index contributed by atoms with van der Waals surface area (Å²) >= 11 is 5.52. The molecule has 0 amide bonds. The number of methoxy groups -OCH3 is 1. The Morgan fingerprint density at radius 2 is 2.36 bits per heavy atom. The van der Waals surface area contributed by atoms with Crippen molar-refractivity contribution in [3.8, 4) is 0 Å². The highest BCUT2D eigenvalue weighted by molar-refractivity contribution is 6.32. The molecule has 1 aromatic heterocycles. The van der Waals surface area contributed by atoms with E-state index in [-0.39, 0.29) is 17.0 Å². The minimum Gasteiger partial charge on any atom is -0.465 e. The summed E-state index contributed by atoms with van der Waals surface area (Å²) < 4.78 is 17.3. The van der Waals surface area contributed by atoms with Crippen molar-refractivity contribution >= 4 is 23.9 Å². The van der Waals surface area contributed by atoms with Crippen LogP contribution in [0.1, 0.15) is 20.8 Å². The van der Waals surface area contributed by atoms with Crippen LogP contribution in [0.25, 0.3) is 0 Å². The van der Waals surface area contributed by atoms with Gasteiger partial charge in [0.25, 0.3) is 0 Å². The zero-order chi connectivity index (χ0) is 10.7. The van der Waals surface area contributed by atoms with Crippen LogP contribution in [0.3, 0.4) is 0 Å². The SMILES string of the molecule is COC(=O)c1cc(F)c(C=O)nc1Cl. The average Bonchev–Trinajstić information content (AvgIpc) is 2.19. The third kappa shape index (κ3) is 1.88. The second kappa shape index (κ2) is 4.15. The summed E-state index contributed by atoms with van der Waals surface area (Å²) in [6.45, 7) is 0. The van der Waals surface area contributed by atoms with Gasteiger partial charge in [0.2, 0.25) is 0 Å². The van der Waals surface area contributed by atoms with Crippen molar-refractivity contribution in [2.24, 2.45) is 0 Å². The number of hydrogen-bond donors (Lipinski definition) is 0. The van der Waals surface area contributed by atoms with Gasteiger partial charge in [-0.25, -0.2) is 14.2 Å². The van der Waals surface area contributed by atoms with Gasteiger partial charge in [0.15, 0.2) is 12.1 Å². The van der Waals surface area contributed by atoms with E-state index < -0.39 is 17.5 Å². The molecule has 0 atom stereocenters. The molecule has 6 heteroatoms. The van der Waals surface area contributed by atoms with Crippen molar-refractivity contribution in [1.82, 2.24) is 4.98 Å². The number of nitrogens with zero attached hydrogens (tertiary/aromatic N) is 1. The maximum Gasteiger partial charge on any atom is 0.341 e. The number of hydrogen-bond acceptors (Lipinski definition) is 4. The lowest BCUT2D eigenvalue weighted by Gasteiger charge is -2.02. The first-order valence-electron chi connectivity index (χ1n) is 3.49. The molecule has 0 aromatic carbocycles. The van der Waals surface area contributed by atoms with E-state index in [2.05, 4.69) is 9.72 Å². The fourth-order valence-corrected chi connectivity index (χ4v) is 1.04. The van der Waals surface area contributed by atoms with Gasteiger partial charge in [0.1, 0.15) is 10.8 Å². The van der Waals surface area contributed by atoms with Gasteiger partial charge in [-0.2, -0.15) is 0 Å². The van der Waals surface area contributed by atoms with Crippen LogP contribution in [0.2, 0.25) is 5.15 Å². The van der Waals surface area contributed by atoms with Crippen molar-refractivity contribution in [2.75, 3.05) is 7.11 Å². The standard InChI is InChI=1S/C8H5ClFNO3/c1-14-8(13)4-2-5(10)6(3-12)11-7(4)9/h2-3H,1H3. The normalized spacial score (nSPS) is 9.64. The number of ether oxygens (including phenoxy) is 1. The van der Waals surface area contributed by atoms with E-state index in [1.807, 2.05) is 0 Å². The maximum atomic E-state index is 13.0. The maximum absolute atomic E-state index is 13.0. The Hall–Kier alpha value is -1.49. The van der Waals surface area contributed by atoms with Crippen LogP contribution in [0.5, 0.6) is 0 Å². The summed E-state index contributed by atoms with van der Waals surface area (Å²) in [5, 5.41) is -0.264. The molecule has 0 N–H and O–H groups in total. The van der Waals surface area contributed by atoms with E-state index in [9.17, 15) is 14.0 Å². The van der Waals surface area contributed by atoms with Crippen molar-refractivity contribution in [3.05, 3.63) is 28.3 Å². The van der Waals surface area contributed by atoms with Gasteiger partial charge in [0.05, 0.1) is 12.7 Å². The second-order valence-corrected chi connectivity index (χ2v) is 2.66. The van der Waals surface area contributed by atoms with Gasteiger partial charge < -0.3 is 4.74 Å². The minimum atomic E-state index is -0.912. The van der Waals surface area contributed by atoms with Gasteiger partial charge in [-0.1, -0.05) is 11.6 Å². The summed E-state index contributed by atoms with van der Waals surface area (Å²) in [6, 6.07) is 0.810. The van der Waals surface area contributed by atoms with E-state index in [1.54, 1.807) is 0 Å². The molecule has 0 fully saturated rings. The Bertz CT molecular complexity index is 394. The van der Waals surface area contributed by atoms with Crippen LogP contribution in [0, 0.1) is 5.82 Å². The third-order valence-corrected chi connectivity index (χ3v) is 1.76. The van der Waals surface area contributed by atoms with E-state index in [1.165, 1.54) is 0 Å². The monoisotopic (exact) mass is 217 g/mol. The molecule has 0 saturated carbocycles. The number of pyridine rings is 1. The Morgan fingerprint density at radius 1 is 1.71 bits per heavy atom. The van der Waals surface area contributed by atoms with Crippen molar-refractivity contribution < 1.29 is 18.7 Å². The van der Waals surface area contributed by atoms with Crippen molar-refractivity contribution in [1.29, 1.82) is 0 Å². The van der Waals surface area contributed by atoms with Crippen LogP contribution >= 0.6 is 11.6 Å². The summed E-state index contributed by atoms with van der Waals surface area (Å²) in [6.07, 6.45) is 0.211. The molecule has 74 valence electrons.